The van der Waals surface area contributed by atoms with E-state index >= 15 is 0 Å². The second-order valence-corrected chi connectivity index (χ2v) is 3.12. The Bertz CT molecular complexity index is 254. The fourth-order valence-electron chi connectivity index (χ4n) is 0.976. The summed E-state index contributed by atoms with van der Waals surface area (Å²) >= 11 is 0. The summed E-state index contributed by atoms with van der Waals surface area (Å²) < 4.78 is 0. The quantitative estimate of drug-likeness (QED) is 0.402. The van der Waals surface area contributed by atoms with E-state index in [2.05, 4.69) is 39.7 Å². The molecule has 0 heterocycles. The van der Waals surface area contributed by atoms with Gasteiger partial charge in [-0.05, 0) is 19.1 Å². The molecule has 4 N–H and O–H groups in total. The van der Waals surface area contributed by atoms with Gasteiger partial charge in [-0.3, -0.25) is 9.68 Å². The topological polar surface area (TPSA) is 83.0 Å². The van der Waals surface area contributed by atoms with Crippen LogP contribution in [0.4, 0.5) is 5.69 Å². The van der Waals surface area contributed by atoms with E-state index in [0.717, 1.165) is 6.54 Å². The largest absolute Gasteiger partial charge is 0.394 e. The van der Waals surface area contributed by atoms with Crippen molar-refractivity contribution >= 4 is 5.69 Å². The number of rotatable bonds is 8. The van der Waals surface area contributed by atoms with Crippen LogP contribution in [0.3, 0.4) is 0 Å². The Hall–Kier alpha value is -1.18. The lowest BCUT2D eigenvalue weighted by molar-refractivity contribution is -0.178. The lowest BCUT2D eigenvalue weighted by Crippen LogP contribution is -2.19. The van der Waals surface area contributed by atoms with Crippen molar-refractivity contribution in [2.75, 3.05) is 38.3 Å². The zero-order valence-corrected chi connectivity index (χ0v) is 10.6. The van der Waals surface area contributed by atoms with E-state index in [0.29, 0.717) is 0 Å². The number of benzene rings is 1. The SMILES string of the molecule is CCNc1ccccc1.OCCONOCCO. The molecule has 0 bridgehead atoms. The zero-order chi connectivity index (χ0) is 13.5. The molecule has 6 heteroatoms. The molecule has 0 amide bonds. The van der Waals surface area contributed by atoms with Crippen LogP contribution in [0.5, 0.6) is 0 Å². The van der Waals surface area contributed by atoms with Crippen LogP contribution in [0.15, 0.2) is 30.3 Å². The Morgan fingerprint density at radius 2 is 1.56 bits per heavy atom. The van der Waals surface area contributed by atoms with Gasteiger partial charge in [-0.25, -0.2) is 0 Å². The summed E-state index contributed by atoms with van der Waals surface area (Å²) in [5.74, 6) is 0. The monoisotopic (exact) mass is 258 g/mol. The van der Waals surface area contributed by atoms with Crippen LogP contribution in [0.1, 0.15) is 6.92 Å². The number of nitrogens with one attached hydrogen (secondary N) is 2. The first kappa shape index (κ1) is 16.8. The zero-order valence-electron chi connectivity index (χ0n) is 10.6. The average Bonchev–Trinajstić information content (AvgIpc) is 2.41. The van der Waals surface area contributed by atoms with Crippen molar-refractivity contribution in [3.63, 3.8) is 0 Å². The second-order valence-electron chi connectivity index (χ2n) is 3.12. The lowest BCUT2D eigenvalue weighted by Gasteiger charge is -2.01. The van der Waals surface area contributed by atoms with Gasteiger partial charge in [0.25, 0.3) is 0 Å². The molecule has 0 fully saturated rings. The van der Waals surface area contributed by atoms with Crippen molar-refractivity contribution in [2.45, 2.75) is 6.92 Å². The number of hydrogen-bond donors (Lipinski definition) is 4. The van der Waals surface area contributed by atoms with Crippen LogP contribution in [-0.2, 0) is 9.68 Å². The minimum absolute atomic E-state index is 0.0600. The molecule has 0 saturated heterocycles. The maximum atomic E-state index is 8.15. The smallest absolute Gasteiger partial charge is 0.0940 e. The van der Waals surface area contributed by atoms with Crippen LogP contribution in [0, 0.1) is 0 Å². The van der Waals surface area contributed by atoms with E-state index in [1.54, 1.807) is 0 Å². The van der Waals surface area contributed by atoms with Gasteiger partial charge >= 0.3 is 0 Å². The van der Waals surface area contributed by atoms with Gasteiger partial charge in [0.2, 0.25) is 0 Å². The fraction of sp³-hybridized carbons (Fsp3) is 0.500. The number of anilines is 1. The normalized spacial score (nSPS) is 9.50. The van der Waals surface area contributed by atoms with Crippen LogP contribution >= 0.6 is 0 Å². The summed E-state index contributed by atoms with van der Waals surface area (Å²) in [5, 5.41) is 19.5. The number of hydrogen-bond acceptors (Lipinski definition) is 6. The second kappa shape index (κ2) is 13.9. The molecule has 0 atom stereocenters. The third kappa shape index (κ3) is 11.3. The van der Waals surface area contributed by atoms with Gasteiger partial charge in [-0.15, -0.1) is 0 Å². The molecular formula is C12H22N2O4. The molecule has 0 aliphatic rings. The molecule has 6 nitrogen and oxygen atoms in total. The van der Waals surface area contributed by atoms with Crippen LogP contribution < -0.4 is 11.0 Å². The Balaban J connectivity index is 0.000000321. The average molecular weight is 258 g/mol. The maximum Gasteiger partial charge on any atom is 0.0940 e. The maximum absolute atomic E-state index is 8.15. The van der Waals surface area contributed by atoms with Gasteiger partial charge in [0.1, 0.15) is 0 Å². The molecule has 0 aromatic heterocycles. The van der Waals surface area contributed by atoms with Crippen molar-refractivity contribution < 1.29 is 19.9 Å². The highest BCUT2D eigenvalue weighted by Crippen LogP contribution is 2.02. The highest BCUT2D eigenvalue weighted by Gasteiger charge is 1.83. The molecule has 0 saturated carbocycles. The van der Waals surface area contributed by atoms with Crippen LogP contribution in [0.2, 0.25) is 0 Å². The summed E-state index contributed by atoms with van der Waals surface area (Å²) in [6.45, 7) is 3.30. The molecule has 1 rings (SSSR count). The molecular weight excluding hydrogens is 236 g/mol. The third-order valence-corrected chi connectivity index (χ3v) is 1.66. The summed E-state index contributed by atoms with van der Waals surface area (Å²) in [6, 6.07) is 10.2. The van der Waals surface area contributed by atoms with E-state index in [1.165, 1.54) is 5.69 Å². The molecule has 0 aliphatic carbocycles. The Labute approximate surface area is 107 Å². The molecule has 1 aromatic carbocycles. The number of aliphatic hydroxyl groups excluding tert-OH is 2. The van der Waals surface area contributed by atoms with Crippen molar-refractivity contribution in [1.82, 2.24) is 5.64 Å². The predicted octanol–water partition coefficient (Wildman–Crippen LogP) is 0.542. The van der Waals surface area contributed by atoms with Gasteiger partial charge in [0, 0.05) is 12.2 Å². The van der Waals surface area contributed by atoms with E-state index in [1.807, 2.05) is 18.2 Å². The molecule has 0 radical (unpaired) electrons. The Morgan fingerprint density at radius 1 is 1.00 bits per heavy atom. The summed E-state index contributed by atoms with van der Waals surface area (Å²) in [6.07, 6.45) is 0. The Kier molecular flexibility index (Phi) is 13.0. The van der Waals surface area contributed by atoms with Gasteiger partial charge in [0.15, 0.2) is 0 Å². The number of para-hydroxylation sites is 1. The molecule has 0 aliphatic heterocycles. The first-order valence-corrected chi connectivity index (χ1v) is 5.84. The summed E-state index contributed by atoms with van der Waals surface area (Å²) in [5.41, 5.74) is 3.26. The molecule has 1 aromatic rings. The van der Waals surface area contributed by atoms with E-state index in [4.69, 9.17) is 10.2 Å². The van der Waals surface area contributed by atoms with E-state index in [-0.39, 0.29) is 26.4 Å². The van der Waals surface area contributed by atoms with Gasteiger partial charge < -0.3 is 15.5 Å². The van der Waals surface area contributed by atoms with Gasteiger partial charge in [0.05, 0.1) is 26.4 Å². The number of aliphatic hydroxyl groups is 2. The summed E-state index contributed by atoms with van der Waals surface area (Å²) in [7, 11) is 0. The fourth-order valence-corrected chi connectivity index (χ4v) is 0.976. The predicted molar refractivity (Wildman–Crippen MR) is 69.8 cm³/mol. The van der Waals surface area contributed by atoms with Crippen molar-refractivity contribution in [2.24, 2.45) is 0 Å². The van der Waals surface area contributed by atoms with Crippen molar-refractivity contribution in [1.29, 1.82) is 0 Å². The first-order chi connectivity index (χ1) is 8.85. The molecule has 0 spiro atoms. The highest BCUT2D eigenvalue weighted by atomic mass is 16.9. The van der Waals surface area contributed by atoms with E-state index in [9.17, 15) is 0 Å². The van der Waals surface area contributed by atoms with Crippen LogP contribution in [-0.4, -0.2) is 43.2 Å². The van der Waals surface area contributed by atoms with Crippen LogP contribution in [0.25, 0.3) is 0 Å². The lowest BCUT2D eigenvalue weighted by atomic mass is 10.3. The first-order valence-electron chi connectivity index (χ1n) is 5.84. The summed E-state index contributed by atoms with van der Waals surface area (Å²) in [4.78, 5) is 8.90. The minimum atomic E-state index is -0.0600. The van der Waals surface area contributed by atoms with E-state index < -0.39 is 0 Å². The Morgan fingerprint density at radius 3 is 2.00 bits per heavy atom. The highest BCUT2D eigenvalue weighted by molar-refractivity contribution is 5.41. The standard InChI is InChI=1S/C8H11N.C4H11NO4/c1-2-9-8-6-4-3-5-7-8;6-1-3-8-5-9-4-2-7/h3-7,9H,2H2,1H3;5-7H,1-4H2. The third-order valence-electron chi connectivity index (χ3n) is 1.66. The molecule has 104 valence electrons. The van der Waals surface area contributed by atoms with Gasteiger partial charge in [-0.1, -0.05) is 23.8 Å². The van der Waals surface area contributed by atoms with Crippen molar-refractivity contribution in [3.8, 4) is 0 Å². The minimum Gasteiger partial charge on any atom is -0.394 e. The molecule has 18 heavy (non-hydrogen) atoms. The molecule has 0 unspecified atom stereocenters. The van der Waals surface area contributed by atoms with Gasteiger partial charge in [-0.2, -0.15) is 0 Å². The van der Waals surface area contributed by atoms with Crippen molar-refractivity contribution in [3.05, 3.63) is 30.3 Å².